The first kappa shape index (κ1) is 26.7. The third-order valence-corrected chi connectivity index (χ3v) is 6.89. The van der Waals surface area contributed by atoms with Gasteiger partial charge in [0.2, 0.25) is 0 Å². The quantitative estimate of drug-likeness (QED) is 0.249. The summed E-state index contributed by atoms with van der Waals surface area (Å²) in [6.07, 6.45) is 1.68. The molecule has 6 nitrogen and oxygen atoms in total. The predicted octanol–water partition coefficient (Wildman–Crippen LogP) is 6.61. The number of rotatable bonds is 8. The number of halogens is 2. The van der Waals surface area contributed by atoms with Crippen molar-refractivity contribution >= 4 is 69.2 Å². The van der Waals surface area contributed by atoms with Gasteiger partial charge in [0.25, 0.3) is 11.8 Å². The van der Waals surface area contributed by atoms with Gasteiger partial charge in [-0.25, -0.2) is 4.39 Å². The van der Waals surface area contributed by atoms with Crippen molar-refractivity contribution in [1.29, 1.82) is 0 Å². The van der Waals surface area contributed by atoms with Crippen LogP contribution >= 0.6 is 35.6 Å². The van der Waals surface area contributed by atoms with E-state index in [4.69, 9.17) is 33.3 Å². The largest absolute Gasteiger partial charge is 0.490 e. The Balaban J connectivity index is 1.49. The number of nitrogens with one attached hydrogen (secondary N) is 1. The van der Waals surface area contributed by atoms with Crippen molar-refractivity contribution in [2.75, 3.05) is 23.4 Å². The Labute approximate surface area is 228 Å². The van der Waals surface area contributed by atoms with Crippen LogP contribution in [0.3, 0.4) is 0 Å². The first-order chi connectivity index (χ1) is 17.8. The molecule has 1 aliphatic rings. The standard InChI is InChI=1S/C27H22ClFN2O4S2/c1-3-34-23-12-17(8-11-22(23)35-15-25(32)30-21-7-5-4-6-16(21)2)13-24-26(33)31(27(36)37-24)18-9-10-20(29)19(28)14-18/h4-14H,3,15H2,1-2H3,(H,30,32)/b24-13+. The minimum absolute atomic E-state index is 0.0972. The lowest BCUT2D eigenvalue weighted by atomic mass is 10.1. The Kier molecular flexibility index (Phi) is 8.48. The fourth-order valence-electron chi connectivity index (χ4n) is 3.51. The highest BCUT2D eigenvalue weighted by Crippen LogP contribution is 2.38. The molecule has 1 fully saturated rings. The summed E-state index contributed by atoms with van der Waals surface area (Å²) in [4.78, 5) is 27.1. The second kappa shape index (κ2) is 11.8. The number of thioether (sulfide) groups is 1. The smallest absolute Gasteiger partial charge is 0.270 e. The molecule has 1 saturated heterocycles. The van der Waals surface area contributed by atoms with Crippen LogP contribution in [-0.2, 0) is 9.59 Å². The zero-order valence-electron chi connectivity index (χ0n) is 19.9. The van der Waals surface area contributed by atoms with Crippen LogP contribution in [0.2, 0.25) is 5.02 Å². The Bertz CT molecular complexity index is 1410. The van der Waals surface area contributed by atoms with E-state index in [0.29, 0.717) is 38.6 Å². The van der Waals surface area contributed by atoms with E-state index >= 15 is 0 Å². The highest BCUT2D eigenvalue weighted by atomic mass is 35.5. The van der Waals surface area contributed by atoms with Gasteiger partial charge < -0.3 is 14.8 Å². The first-order valence-corrected chi connectivity index (χ1v) is 12.8. The molecule has 0 bridgehead atoms. The number of thiocarbonyl (C=S) groups is 1. The summed E-state index contributed by atoms with van der Waals surface area (Å²) < 4.78 is 25.3. The number of amides is 2. The van der Waals surface area contributed by atoms with Crippen molar-refractivity contribution in [2.45, 2.75) is 13.8 Å². The molecule has 0 aromatic heterocycles. The lowest BCUT2D eigenvalue weighted by Crippen LogP contribution is -2.27. The number of aryl methyl sites for hydroxylation is 1. The minimum Gasteiger partial charge on any atom is -0.490 e. The summed E-state index contributed by atoms with van der Waals surface area (Å²) in [5.41, 5.74) is 2.73. The molecule has 4 rings (SSSR count). The molecule has 10 heteroatoms. The van der Waals surface area contributed by atoms with Gasteiger partial charge in [-0.2, -0.15) is 0 Å². The first-order valence-electron chi connectivity index (χ1n) is 11.2. The van der Waals surface area contributed by atoms with E-state index in [-0.39, 0.29) is 23.4 Å². The molecular weight excluding hydrogens is 535 g/mol. The van der Waals surface area contributed by atoms with E-state index in [0.717, 1.165) is 23.0 Å². The summed E-state index contributed by atoms with van der Waals surface area (Å²) >= 11 is 12.4. The molecule has 1 N–H and O–H groups in total. The number of para-hydroxylation sites is 1. The summed E-state index contributed by atoms with van der Waals surface area (Å²) in [5, 5.41) is 2.73. The number of hydrogen-bond acceptors (Lipinski definition) is 6. The molecule has 0 unspecified atom stereocenters. The topological polar surface area (TPSA) is 67.9 Å². The lowest BCUT2D eigenvalue weighted by molar-refractivity contribution is -0.118. The second-order valence-electron chi connectivity index (χ2n) is 7.91. The van der Waals surface area contributed by atoms with Gasteiger partial charge in [0.05, 0.1) is 22.2 Å². The van der Waals surface area contributed by atoms with E-state index in [2.05, 4.69) is 5.32 Å². The summed E-state index contributed by atoms with van der Waals surface area (Å²) in [6, 6.07) is 16.6. The molecule has 190 valence electrons. The van der Waals surface area contributed by atoms with Crippen LogP contribution in [-0.4, -0.2) is 29.3 Å². The van der Waals surface area contributed by atoms with E-state index in [1.165, 1.54) is 23.1 Å². The fraction of sp³-hybridized carbons (Fsp3) is 0.148. The fourth-order valence-corrected chi connectivity index (χ4v) is 4.98. The molecule has 0 saturated carbocycles. The molecule has 3 aromatic rings. The third kappa shape index (κ3) is 6.30. The summed E-state index contributed by atoms with van der Waals surface area (Å²) in [6.45, 7) is 3.92. The van der Waals surface area contributed by atoms with Gasteiger partial charge in [-0.1, -0.05) is 59.8 Å². The maximum atomic E-state index is 13.6. The van der Waals surface area contributed by atoms with Crippen LogP contribution < -0.4 is 19.7 Å². The van der Waals surface area contributed by atoms with E-state index in [9.17, 15) is 14.0 Å². The molecule has 0 atom stereocenters. The Morgan fingerprint density at radius 2 is 1.92 bits per heavy atom. The van der Waals surface area contributed by atoms with Crippen LogP contribution in [0.15, 0.2) is 65.6 Å². The summed E-state index contributed by atoms with van der Waals surface area (Å²) in [5.74, 6) is -0.396. The van der Waals surface area contributed by atoms with Crippen molar-refractivity contribution < 1.29 is 23.5 Å². The second-order valence-corrected chi connectivity index (χ2v) is 9.99. The maximum absolute atomic E-state index is 13.6. The molecule has 0 spiro atoms. The highest BCUT2D eigenvalue weighted by molar-refractivity contribution is 8.27. The van der Waals surface area contributed by atoms with Gasteiger partial charge in [-0.15, -0.1) is 0 Å². The van der Waals surface area contributed by atoms with Crippen molar-refractivity contribution in [1.82, 2.24) is 0 Å². The number of hydrogen-bond donors (Lipinski definition) is 1. The molecular formula is C27H22ClFN2O4S2. The normalized spacial score (nSPS) is 14.3. The van der Waals surface area contributed by atoms with Crippen molar-refractivity contribution in [3.63, 3.8) is 0 Å². The third-order valence-electron chi connectivity index (χ3n) is 5.30. The van der Waals surface area contributed by atoms with Crippen LogP contribution in [0.5, 0.6) is 11.5 Å². The Hall–Kier alpha value is -3.40. The van der Waals surface area contributed by atoms with E-state index in [1.807, 2.05) is 38.1 Å². The van der Waals surface area contributed by atoms with Crippen molar-refractivity contribution in [2.24, 2.45) is 0 Å². The Morgan fingerprint density at radius 3 is 2.65 bits per heavy atom. The maximum Gasteiger partial charge on any atom is 0.270 e. The van der Waals surface area contributed by atoms with Gasteiger partial charge in [-0.05, 0) is 67.4 Å². The van der Waals surface area contributed by atoms with Gasteiger partial charge in [-0.3, -0.25) is 14.5 Å². The van der Waals surface area contributed by atoms with Gasteiger partial charge in [0.15, 0.2) is 22.4 Å². The van der Waals surface area contributed by atoms with E-state index in [1.54, 1.807) is 24.3 Å². The molecule has 0 aliphatic carbocycles. The molecule has 2 amide bonds. The van der Waals surface area contributed by atoms with Gasteiger partial charge >= 0.3 is 0 Å². The van der Waals surface area contributed by atoms with Crippen LogP contribution in [0, 0.1) is 12.7 Å². The van der Waals surface area contributed by atoms with Crippen molar-refractivity contribution in [3.8, 4) is 11.5 Å². The number of benzene rings is 3. The molecule has 1 heterocycles. The minimum atomic E-state index is -0.579. The van der Waals surface area contributed by atoms with Crippen molar-refractivity contribution in [3.05, 3.63) is 87.5 Å². The molecule has 37 heavy (non-hydrogen) atoms. The van der Waals surface area contributed by atoms with Crippen LogP contribution in [0.1, 0.15) is 18.1 Å². The number of ether oxygens (including phenoxy) is 2. The lowest BCUT2D eigenvalue weighted by Gasteiger charge is -2.15. The van der Waals surface area contributed by atoms with Gasteiger partial charge in [0, 0.05) is 5.69 Å². The average Bonchev–Trinajstić information content (AvgIpc) is 3.14. The average molecular weight is 557 g/mol. The zero-order valence-corrected chi connectivity index (χ0v) is 22.3. The summed E-state index contributed by atoms with van der Waals surface area (Å²) in [7, 11) is 0. The van der Waals surface area contributed by atoms with E-state index < -0.39 is 5.82 Å². The molecule has 3 aromatic carbocycles. The van der Waals surface area contributed by atoms with Gasteiger partial charge in [0.1, 0.15) is 5.82 Å². The predicted molar refractivity (Wildman–Crippen MR) is 150 cm³/mol. The van der Waals surface area contributed by atoms with Crippen LogP contribution in [0.25, 0.3) is 6.08 Å². The Morgan fingerprint density at radius 1 is 1.14 bits per heavy atom. The number of nitrogens with zero attached hydrogens (tertiary/aromatic N) is 1. The SMILES string of the molecule is CCOc1cc(/C=C2/SC(=S)N(c3ccc(F)c(Cl)c3)C2=O)ccc1OCC(=O)Nc1ccccc1C. The van der Waals surface area contributed by atoms with Crippen LogP contribution in [0.4, 0.5) is 15.8 Å². The number of anilines is 2. The monoisotopic (exact) mass is 556 g/mol. The zero-order chi connectivity index (χ0) is 26.5. The molecule has 1 aliphatic heterocycles. The number of carbonyl (C=O) groups excluding carboxylic acids is 2. The number of carbonyl (C=O) groups is 2. The molecule has 0 radical (unpaired) electrons. The highest BCUT2D eigenvalue weighted by Gasteiger charge is 2.33.